The summed E-state index contributed by atoms with van der Waals surface area (Å²) in [5.41, 5.74) is 6.36. The molecule has 0 N–H and O–H groups in total. The Labute approximate surface area is 188 Å². The van der Waals surface area contributed by atoms with Gasteiger partial charge in [0.1, 0.15) is 5.75 Å². The zero-order valence-corrected chi connectivity index (χ0v) is 17.9. The number of benzene rings is 4. The zero-order chi connectivity index (χ0) is 21.9. The summed E-state index contributed by atoms with van der Waals surface area (Å²) < 4.78 is 5.36. The molecule has 32 heavy (non-hydrogen) atoms. The fourth-order valence-corrected chi connectivity index (χ4v) is 4.64. The van der Waals surface area contributed by atoms with Crippen LogP contribution in [0.2, 0.25) is 0 Å². The van der Waals surface area contributed by atoms with Gasteiger partial charge in [-0.2, -0.15) is 0 Å². The van der Waals surface area contributed by atoms with E-state index in [1.54, 1.807) is 7.11 Å². The molecule has 2 atom stereocenters. The fraction of sp³-hybridized carbons (Fsp3) is 0.100. The quantitative estimate of drug-likeness (QED) is 0.331. The van der Waals surface area contributed by atoms with E-state index in [4.69, 9.17) is 4.74 Å². The number of rotatable bonds is 5. The van der Waals surface area contributed by atoms with E-state index in [-0.39, 0.29) is 17.6 Å². The monoisotopic (exact) mass is 416 g/mol. The van der Waals surface area contributed by atoms with E-state index in [0.717, 1.165) is 33.6 Å². The molecule has 4 aromatic carbocycles. The first-order valence-electron chi connectivity index (χ1n) is 10.9. The third kappa shape index (κ3) is 3.65. The van der Waals surface area contributed by atoms with Gasteiger partial charge in [0, 0.05) is 11.5 Å². The van der Waals surface area contributed by atoms with E-state index in [2.05, 4.69) is 54.6 Å². The molecule has 156 valence electrons. The highest BCUT2D eigenvalue weighted by Crippen LogP contribution is 2.47. The van der Waals surface area contributed by atoms with Gasteiger partial charge in [-0.25, -0.2) is 0 Å². The van der Waals surface area contributed by atoms with E-state index in [0.29, 0.717) is 0 Å². The smallest absolute Gasteiger partial charge is 0.171 e. The Morgan fingerprint density at radius 1 is 0.719 bits per heavy atom. The van der Waals surface area contributed by atoms with Crippen molar-refractivity contribution in [2.24, 2.45) is 0 Å². The minimum absolute atomic E-state index is 0.0845. The molecule has 1 aliphatic carbocycles. The van der Waals surface area contributed by atoms with Crippen molar-refractivity contribution in [2.75, 3.05) is 7.11 Å². The summed E-state index contributed by atoms with van der Waals surface area (Å²) in [6.07, 6.45) is 2.27. The van der Waals surface area contributed by atoms with Gasteiger partial charge in [-0.3, -0.25) is 4.79 Å². The van der Waals surface area contributed by atoms with Crippen LogP contribution in [-0.2, 0) is 0 Å². The van der Waals surface area contributed by atoms with Crippen molar-refractivity contribution in [2.45, 2.75) is 11.8 Å². The van der Waals surface area contributed by atoms with Crippen LogP contribution in [0.5, 0.6) is 5.75 Å². The summed E-state index contributed by atoms with van der Waals surface area (Å²) in [6.45, 7) is 0. The van der Waals surface area contributed by atoms with Crippen LogP contribution >= 0.6 is 0 Å². The maximum absolute atomic E-state index is 13.9. The number of ether oxygens (including phenoxy) is 1. The molecule has 0 amide bonds. The summed E-state index contributed by atoms with van der Waals surface area (Å²) in [6, 6.07) is 36.4. The van der Waals surface area contributed by atoms with Crippen molar-refractivity contribution in [1.29, 1.82) is 0 Å². The molecule has 0 bridgehead atoms. The van der Waals surface area contributed by atoms with E-state index in [1.165, 1.54) is 5.57 Å². The number of fused-ring (bicyclic) bond motifs is 1. The first-order chi connectivity index (χ1) is 15.8. The minimum atomic E-state index is -0.297. The second kappa shape index (κ2) is 8.68. The van der Waals surface area contributed by atoms with Gasteiger partial charge in [0.15, 0.2) is 5.78 Å². The highest BCUT2D eigenvalue weighted by atomic mass is 16.5. The van der Waals surface area contributed by atoms with Crippen LogP contribution in [0.15, 0.2) is 115 Å². The molecule has 0 aromatic heterocycles. The third-order valence-corrected chi connectivity index (χ3v) is 6.22. The molecule has 0 radical (unpaired) electrons. The van der Waals surface area contributed by atoms with E-state index < -0.39 is 0 Å². The highest BCUT2D eigenvalue weighted by molar-refractivity contribution is 6.04. The summed E-state index contributed by atoms with van der Waals surface area (Å²) in [7, 11) is 1.67. The van der Waals surface area contributed by atoms with Crippen molar-refractivity contribution >= 4 is 11.4 Å². The van der Waals surface area contributed by atoms with Gasteiger partial charge in [0.25, 0.3) is 0 Å². The predicted octanol–water partition coefficient (Wildman–Crippen LogP) is 6.89. The maximum atomic E-state index is 13.9. The largest absolute Gasteiger partial charge is 0.497 e. The fourth-order valence-electron chi connectivity index (χ4n) is 4.64. The Hall–Kier alpha value is -3.91. The number of ketones is 1. The molecule has 0 heterocycles. The maximum Gasteiger partial charge on any atom is 0.171 e. The van der Waals surface area contributed by atoms with Crippen molar-refractivity contribution in [1.82, 2.24) is 0 Å². The lowest BCUT2D eigenvalue weighted by atomic mass is 9.69. The molecular weight excluding hydrogens is 392 g/mol. The summed E-state index contributed by atoms with van der Waals surface area (Å²) in [5.74, 6) is 0.568. The number of allylic oxidation sites excluding steroid dienone is 1. The van der Waals surface area contributed by atoms with Crippen LogP contribution in [0.25, 0.3) is 5.57 Å². The number of carbonyl (C=O) groups excluding carboxylic acids is 1. The molecule has 1 aliphatic rings. The van der Waals surface area contributed by atoms with Gasteiger partial charge >= 0.3 is 0 Å². The molecule has 0 aliphatic heterocycles. The SMILES string of the molecule is COc1ccc([C@@H]2C=C(c3ccccc3)c3ccccc3[C@H]2C(=O)c2ccccc2)cc1. The Morgan fingerprint density at radius 2 is 1.34 bits per heavy atom. The average molecular weight is 417 g/mol. The number of carbonyl (C=O) groups is 1. The van der Waals surface area contributed by atoms with Gasteiger partial charge < -0.3 is 4.74 Å². The summed E-state index contributed by atoms with van der Waals surface area (Å²) in [5, 5.41) is 0. The Balaban J connectivity index is 1.71. The Morgan fingerprint density at radius 3 is 2.03 bits per heavy atom. The molecule has 2 heteroatoms. The molecule has 0 saturated heterocycles. The van der Waals surface area contributed by atoms with Crippen molar-refractivity contribution in [3.63, 3.8) is 0 Å². The zero-order valence-electron chi connectivity index (χ0n) is 17.9. The van der Waals surface area contributed by atoms with Crippen LogP contribution < -0.4 is 4.74 Å². The van der Waals surface area contributed by atoms with Gasteiger partial charge in [-0.15, -0.1) is 0 Å². The average Bonchev–Trinajstić information content (AvgIpc) is 2.88. The topological polar surface area (TPSA) is 26.3 Å². The van der Waals surface area contributed by atoms with Gasteiger partial charge in [-0.05, 0) is 40.0 Å². The van der Waals surface area contributed by atoms with Gasteiger partial charge in [0.2, 0.25) is 0 Å². The summed E-state index contributed by atoms with van der Waals surface area (Å²) in [4.78, 5) is 13.9. The Kier molecular flexibility index (Phi) is 5.43. The normalized spacial score (nSPS) is 17.2. The number of hydrogen-bond donors (Lipinski definition) is 0. The lowest BCUT2D eigenvalue weighted by Crippen LogP contribution is -2.24. The first-order valence-corrected chi connectivity index (χ1v) is 10.9. The van der Waals surface area contributed by atoms with Crippen LogP contribution in [-0.4, -0.2) is 12.9 Å². The molecule has 0 unspecified atom stereocenters. The second-order valence-corrected chi connectivity index (χ2v) is 8.04. The predicted molar refractivity (Wildman–Crippen MR) is 129 cm³/mol. The molecule has 0 spiro atoms. The van der Waals surface area contributed by atoms with Gasteiger partial charge in [0.05, 0.1) is 13.0 Å². The standard InChI is InChI=1S/C30H24O2/c1-32-24-18-16-22(17-19-24)28-20-27(21-10-4-2-5-11-21)25-14-8-9-15-26(25)29(28)30(31)23-12-6-3-7-13-23/h2-20,28-29H,1H3/t28-,29+/m0/s1. The van der Waals surface area contributed by atoms with E-state index in [9.17, 15) is 4.79 Å². The van der Waals surface area contributed by atoms with E-state index in [1.807, 2.05) is 60.7 Å². The minimum Gasteiger partial charge on any atom is -0.497 e. The van der Waals surface area contributed by atoms with Crippen LogP contribution in [0.3, 0.4) is 0 Å². The van der Waals surface area contributed by atoms with Crippen LogP contribution in [0, 0.1) is 0 Å². The van der Waals surface area contributed by atoms with Crippen molar-refractivity contribution < 1.29 is 9.53 Å². The number of Topliss-reactive ketones (excluding diaryl/α,β-unsaturated/α-hetero) is 1. The van der Waals surface area contributed by atoms with Crippen molar-refractivity contribution in [3.8, 4) is 5.75 Å². The molecule has 0 saturated carbocycles. The Bertz CT molecular complexity index is 1260. The second-order valence-electron chi connectivity index (χ2n) is 8.04. The summed E-state index contributed by atoms with van der Waals surface area (Å²) >= 11 is 0. The highest BCUT2D eigenvalue weighted by Gasteiger charge is 2.36. The molecule has 4 aromatic rings. The van der Waals surface area contributed by atoms with E-state index >= 15 is 0 Å². The number of methoxy groups -OCH3 is 1. The van der Waals surface area contributed by atoms with Crippen LogP contribution in [0.4, 0.5) is 0 Å². The lowest BCUT2D eigenvalue weighted by Gasteiger charge is -2.32. The van der Waals surface area contributed by atoms with Crippen molar-refractivity contribution in [3.05, 3.63) is 143 Å². The third-order valence-electron chi connectivity index (χ3n) is 6.22. The van der Waals surface area contributed by atoms with Crippen LogP contribution in [0.1, 0.15) is 44.4 Å². The number of hydrogen-bond acceptors (Lipinski definition) is 2. The molecule has 5 rings (SSSR count). The molecule has 0 fully saturated rings. The molecule has 2 nitrogen and oxygen atoms in total. The van der Waals surface area contributed by atoms with Gasteiger partial charge in [-0.1, -0.05) is 103 Å². The lowest BCUT2D eigenvalue weighted by molar-refractivity contribution is 0.0952. The molecular formula is C30H24O2. The first kappa shape index (κ1) is 20.0.